The van der Waals surface area contributed by atoms with Crippen molar-refractivity contribution in [2.24, 2.45) is 5.92 Å². The third-order valence-corrected chi connectivity index (χ3v) is 4.59. The van der Waals surface area contributed by atoms with E-state index in [9.17, 15) is 9.59 Å². The lowest BCUT2D eigenvalue weighted by molar-refractivity contribution is 0.0936. The van der Waals surface area contributed by atoms with Crippen molar-refractivity contribution in [1.82, 2.24) is 16.2 Å². The fraction of sp³-hybridized carbons (Fsp3) is 0.235. The first kappa shape index (κ1) is 20.3. The zero-order valence-electron chi connectivity index (χ0n) is 14.2. The van der Waals surface area contributed by atoms with Crippen LogP contribution in [0.5, 0.6) is 5.75 Å². The van der Waals surface area contributed by atoms with Crippen LogP contribution in [0.2, 0.25) is 0 Å². The molecule has 0 saturated carbocycles. The molecule has 2 rings (SSSR count). The molecule has 9 heteroatoms. The van der Waals surface area contributed by atoms with E-state index in [1.54, 1.807) is 35.7 Å². The van der Waals surface area contributed by atoms with Gasteiger partial charge in [0.2, 0.25) is 0 Å². The van der Waals surface area contributed by atoms with Crippen molar-refractivity contribution in [2.75, 3.05) is 6.61 Å². The molecule has 2 amide bonds. The summed E-state index contributed by atoms with van der Waals surface area (Å²) < 4.78 is 6.43. The molecular formula is C17H18BrN3O3S2. The SMILES string of the molecule is CC(C)COc1ccc(Br)cc1C(=O)NC(=S)NNC(=O)c1cccs1. The van der Waals surface area contributed by atoms with Gasteiger partial charge in [0.05, 0.1) is 17.0 Å². The van der Waals surface area contributed by atoms with Gasteiger partial charge in [-0.3, -0.25) is 25.8 Å². The van der Waals surface area contributed by atoms with Gasteiger partial charge < -0.3 is 4.74 Å². The zero-order valence-corrected chi connectivity index (χ0v) is 17.4. The second-order valence-electron chi connectivity index (χ2n) is 5.69. The molecule has 0 radical (unpaired) electrons. The van der Waals surface area contributed by atoms with Gasteiger partial charge in [0.25, 0.3) is 11.8 Å². The number of thiophene rings is 1. The molecule has 2 aromatic rings. The fourth-order valence-corrected chi connectivity index (χ4v) is 2.97. The molecule has 0 bridgehead atoms. The standard InChI is InChI=1S/C17H18BrN3O3S2/c1-10(2)9-24-13-6-5-11(18)8-12(13)15(22)19-17(25)21-20-16(23)14-4-3-7-26-14/h3-8,10H,9H2,1-2H3,(H,20,23)(H2,19,21,22,25). The van der Waals surface area contributed by atoms with E-state index in [4.69, 9.17) is 17.0 Å². The summed E-state index contributed by atoms with van der Waals surface area (Å²) in [7, 11) is 0. The fourth-order valence-electron chi connectivity index (χ4n) is 1.85. The summed E-state index contributed by atoms with van der Waals surface area (Å²) in [5.41, 5.74) is 5.28. The molecule has 1 aromatic heterocycles. The highest BCUT2D eigenvalue weighted by atomic mass is 79.9. The molecule has 0 atom stereocenters. The number of hydrogen-bond acceptors (Lipinski definition) is 5. The average Bonchev–Trinajstić information content (AvgIpc) is 3.13. The number of carbonyl (C=O) groups is 2. The Morgan fingerprint density at radius 2 is 2.00 bits per heavy atom. The maximum atomic E-state index is 12.5. The van der Waals surface area contributed by atoms with Crippen molar-refractivity contribution in [3.05, 3.63) is 50.6 Å². The number of rotatable bonds is 5. The lowest BCUT2D eigenvalue weighted by Gasteiger charge is -2.14. The van der Waals surface area contributed by atoms with Crippen LogP contribution in [-0.2, 0) is 0 Å². The molecule has 0 unspecified atom stereocenters. The maximum absolute atomic E-state index is 12.5. The number of hydrogen-bond donors (Lipinski definition) is 3. The second kappa shape index (κ2) is 9.65. The summed E-state index contributed by atoms with van der Waals surface area (Å²) in [4.78, 5) is 24.9. The average molecular weight is 456 g/mol. The largest absolute Gasteiger partial charge is 0.492 e. The molecule has 3 N–H and O–H groups in total. The minimum atomic E-state index is -0.437. The minimum absolute atomic E-state index is 0.0188. The molecule has 6 nitrogen and oxygen atoms in total. The Kier molecular flexibility index (Phi) is 7.55. The van der Waals surface area contributed by atoms with Gasteiger partial charge in [0.15, 0.2) is 5.11 Å². The lowest BCUT2D eigenvalue weighted by Crippen LogP contribution is -2.48. The highest BCUT2D eigenvalue weighted by Gasteiger charge is 2.16. The summed E-state index contributed by atoms with van der Waals surface area (Å²) in [6.45, 7) is 4.53. The van der Waals surface area contributed by atoms with Crippen LogP contribution >= 0.6 is 39.5 Å². The van der Waals surface area contributed by atoms with Gasteiger partial charge in [0.1, 0.15) is 5.75 Å². The highest BCUT2D eigenvalue weighted by molar-refractivity contribution is 9.10. The molecule has 0 aliphatic heterocycles. The Labute approximate surface area is 169 Å². The van der Waals surface area contributed by atoms with Gasteiger partial charge in [-0.1, -0.05) is 35.8 Å². The van der Waals surface area contributed by atoms with E-state index in [0.29, 0.717) is 28.7 Å². The maximum Gasteiger partial charge on any atom is 0.279 e. The quantitative estimate of drug-likeness (QED) is 0.474. The van der Waals surface area contributed by atoms with Crippen LogP contribution in [0, 0.1) is 5.92 Å². The van der Waals surface area contributed by atoms with Crippen LogP contribution < -0.4 is 20.9 Å². The molecule has 1 heterocycles. The van der Waals surface area contributed by atoms with Gasteiger partial charge in [-0.15, -0.1) is 11.3 Å². The molecular weight excluding hydrogens is 438 g/mol. The number of halogens is 1. The van der Waals surface area contributed by atoms with Crippen LogP contribution in [0.15, 0.2) is 40.2 Å². The van der Waals surface area contributed by atoms with E-state index in [2.05, 4.69) is 32.1 Å². The number of benzene rings is 1. The van der Waals surface area contributed by atoms with Gasteiger partial charge in [-0.25, -0.2) is 0 Å². The van der Waals surface area contributed by atoms with E-state index in [0.717, 1.165) is 4.47 Å². The van der Waals surface area contributed by atoms with Gasteiger partial charge in [-0.05, 0) is 47.8 Å². The number of amides is 2. The highest BCUT2D eigenvalue weighted by Crippen LogP contribution is 2.23. The van der Waals surface area contributed by atoms with Gasteiger partial charge >= 0.3 is 0 Å². The number of nitrogens with one attached hydrogen (secondary N) is 3. The summed E-state index contributed by atoms with van der Waals surface area (Å²) in [5, 5.41) is 4.30. The molecule has 0 aliphatic rings. The predicted octanol–water partition coefficient (Wildman–Crippen LogP) is 3.49. The predicted molar refractivity (Wildman–Crippen MR) is 109 cm³/mol. The van der Waals surface area contributed by atoms with Crippen molar-refractivity contribution in [2.45, 2.75) is 13.8 Å². The number of hydrazine groups is 1. The van der Waals surface area contributed by atoms with Crippen LogP contribution in [0.1, 0.15) is 33.9 Å². The first-order valence-corrected chi connectivity index (χ1v) is 9.82. The first-order valence-electron chi connectivity index (χ1n) is 7.74. The van der Waals surface area contributed by atoms with Crippen molar-refractivity contribution < 1.29 is 14.3 Å². The molecule has 26 heavy (non-hydrogen) atoms. The van der Waals surface area contributed by atoms with Crippen LogP contribution in [0.4, 0.5) is 0 Å². The summed E-state index contributed by atoms with van der Waals surface area (Å²) >= 11 is 9.70. The number of ether oxygens (including phenoxy) is 1. The van der Waals surface area contributed by atoms with E-state index in [1.165, 1.54) is 11.3 Å². The minimum Gasteiger partial charge on any atom is -0.492 e. The topological polar surface area (TPSA) is 79.5 Å². The number of thiocarbonyl (C=S) groups is 1. The Bertz CT molecular complexity index is 795. The van der Waals surface area contributed by atoms with E-state index in [1.807, 2.05) is 13.8 Å². The van der Waals surface area contributed by atoms with E-state index >= 15 is 0 Å². The summed E-state index contributed by atoms with van der Waals surface area (Å²) in [5.74, 6) is 0.0162. The van der Waals surface area contributed by atoms with Crippen molar-refractivity contribution in [3.63, 3.8) is 0 Å². The summed E-state index contributed by atoms with van der Waals surface area (Å²) in [6, 6.07) is 8.62. The number of carbonyl (C=O) groups excluding carboxylic acids is 2. The Hall–Kier alpha value is -1.97. The molecule has 0 aliphatic carbocycles. The third-order valence-electron chi connectivity index (χ3n) is 3.02. The van der Waals surface area contributed by atoms with Crippen LogP contribution in [-0.4, -0.2) is 23.5 Å². The molecule has 138 valence electrons. The van der Waals surface area contributed by atoms with Crippen LogP contribution in [0.3, 0.4) is 0 Å². The monoisotopic (exact) mass is 455 g/mol. The van der Waals surface area contributed by atoms with Gasteiger partial charge in [-0.2, -0.15) is 0 Å². The Balaban J connectivity index is 1.96. The smallest absolute Gasteiger partial charge is 0.279 e. The third kappa shape index (κ3) is 6.08. The van der Waals surface area contributed by atoms with Crippen molar-refractivity contribution in [3.8, 4) is 5.75 Å². The normalized spacial score (nSPS) is 10.3. The van der Waals surface area contributed by atoms with Crippen LogP contribution in [0.25, 0.3) is 0 Å². The molecule has 1 aromatic carbocycles. The molecule has 0 fully saturated rings. The summed E-state index contributed by atoms with van der Waals surface area (Å²) in [6.07, 6.45) is 0. The first-order chi connectivity index (χ1) is 12.4. The van der Waals surface area contributed by atoms with Crippen molar-refractivity contribution in [1.29, 1.82) is 0 Å². The lowest BCUT2D eigenvalue weighted by atomic mass is 10.2. The molecule has 0 spiro atoms. The van der Waals surface area contributed by atoms with Gasteiger partial charge in [0, 0.05) is 4.47 Å². The van der Waals surface area contributed by atoms with E-state index < -0.39 is 5.91 Å². The van der Waals surface area contributed by atoms with E-state index in [-0.39, 0.29) is 11.0 Å². The second-order valence-corrected chi connectivity index (χ2v) is 7.96. The van der Waals surface area contributed by atoms with Crippen molar-refractivity contribution >= 4 is 56.4 Å². The Morgan fingerprint density at radius 1 is 1.23 bits per heavy atom. The zero-order chi connectivity index (χ0) is 19.1. The molecule has 0 saturated heterocycles. The Morgan fingerprint density at radius 3 is 2.65 bits per heavy atom.